The Balaban J connectivity index is 1.66. The zero-order valence-corrected chi connectivity index (χ0v) is 18.2. The molecule has 0 atom stereocenters. The number of aromatic nitrogens is 6. The number of nitrogen functional groups attached to an aromatic ring is 1. The van der Waals surface area contributed by atoms with E-state index in [1.54, 1.807) is 6.07 Å². The molecule has 8 nitrogen and oxygen atoms in total. The van der Waals surface area contributed by atoms with E-state index in [4.69, 9.17) is 21.9 Å². The summed E-state index contributed by atoms with van der Waals surface area (Å²) in [6.07, 6.45) is -7.19. The topological polar surface area (TPSA) is 108 Å². The van der Waals surface area contributed by atoms with Gasteiger partial charge in [0.1, 0.15) is 11.4 Å². The lowest BCUT2D eigenvalue weighted by atomic mass is 10.1. The number of alkyl halides is 6. The van der Waals surface area contributed by atoms with Gasteiger partial charge in [0.05, 0.1) is 22.5 Å². The molecule has 5 rings (SSSR count). The predicted octanol–water partition coefficient (Wildman–Crippen LogP) is 5.78. The summed E-state index contributed by atoms with van der Waals surface area (Å²) in [7, 11) is 0. The molecule has 2 N–H and O–H groups in total. The summed E-state index contributed by atoms with van der Waals surface area (Å²) in [5.41, 5.74) is 2.89. The van der Waals surface area contributed by atoms with Crippen LogP contribution in [0.15, 0.2) is 53.3 Å². The second-order valence-corrected chi connectivity index (χ2v) is 7.81. The Labute approximate surface area is 201 Å². The normalized spacial score (nSPS) is 12.4. The number of rotatable bonds is 3. The van der Waals surface area contributed by atoms with E-state index in [1.807, 2.05) is 0 Å². The van der Waals surface area contributed by atoms with Gasteiger partial charge in [-0.05, 0) is 30.3 Å². The van der Waals surface area contributed by atoms with Gasteiger partial charge in [-0.25, -0.2) is 14.5 Å². The van der Waals surface area contributed by atoms with Crippen molar-refractivity contribution in [2.75, 3.05) is 5.73 Å². The number of pyridine rings is 1. The molecule has 0 aliphatic rings. The lowest BCUT2D eigenvalue weighted by Crippen LogP contribution is -2.14. The summed E-state index contributed by atoms with van der Waals surface area (Å²) in [6, 6.07) is 6.25. The van der Waals surface area contributed by atoms with Crippen molar-refractivity contribution in [2.45, 2.75) is 12.4 Å². The Kier molecular flexibility index (Phi) is 5.35. The van der Waals surface area contributed by atoms with Crippen LogP contribution in [0.25, 0.3) is 39.7 Å². The highest BCUT2D eigenvalue weighted by Gasteiger charge is 2.37. The first-order valence-electron chi connectivity index (χ1n) is 9.81. The number of hydrogen-bond donors (Lipinski definition) is 1. The molecule has 0 radical (unpaired) electrons. The number of nitrogens with zero attached hydrogens (tertiary/aromatic N) is 6. The van der Waals surface area contributed by atoms with Crippen LogP contribution >= 0.6 is 11.6 Å². The van der Waals surface area contributed by atoms with E-state index in [0.717, 1.165) is 18.3 Å². The lowest BCUT2D eigenvalue weighted by Gasteiger charge is -2.13. The van der Waals surface area contributed by atoms with Crippen LogP contribution in [0.1, 0.15) is 11.3 Å². The summed E-state index contributed by atoms with van der Waals surface area (Å²) in [5, 5.41) is 6.86. The zero-order valence-electron chi connectivity index (χ0n) is 17.4. The first kappa shape index (κ1) is 23.5. The van der Waals surface area contributed by atoms with Crippen molar-refractivity contribution in [3.8, 4) is 34.1 Å². The molecule has 0 aliphatic heterocycles. The molecular weight excluding hydrogens is 516 g/mol. The molecule has 15 heteroatoms. The molecule has 36 heavy (non-hydrogen) atoms. The fraction of sp³-hybridized carbons (Fsp3) is 0.0952. The van der Waals surface area contributed by atoms with Gasteiger partial charge in [-0.1, -0.05) is 22.8 Å². The number of hydrogen-bond acceptors (Lipinski definition) is 7. The van der Waals surface area contributed by atoms with Crippen LogP contribution in [0, 0.1) is 0 Å². The fourth-order valence-electron chi connectivity index (χ4n) is 3.36. The standard InChI is InChI=1S/C21H10ClF6N7O/c22-13-5-9(1-3-12(13)20(23,24)25)14-6-15(21(26,27)28)35-18(32-14)11(8-31-35)19-33-17(34-36-19)10-2-4-16(29)30-7-10/h1-8H,(H2,29,30). The maximum absolute atomic E-state index is 13.9. The highest BCUT2D eigenvalue weighted by molar-refractivity contribution is 6.31. The molecular formula is C21H10ClF6N7O. The van der Waals surface area contributed by atoms with Crippen LogP contribution in [0.3, 0.4) is 0 Å². The van der Waals surface area contributed by atoms with Crippen molar-refractivity contribution in [1.29, 1.82) is 0 Å². The van der Waals surface area contributed by atoms with Gasteiger partial charge in [0.2, 0.25) is 5.82 Å². The van der Waals surface area contributed by atoms with Crippen molar-refractivity contribution in [3.63, 3.8) is 0 Å². The maximum atomic E-state index is 13.9. The molecule has 0 spiro atoms. The van der Waals surface area contributed by atoms with Crippen molar-refractivity contribution in [3.05, 3.63) is 65.1 Å². The third-order valence-electron chi connectivity index (χ3n) is 5.03. The van der Waals surface area contributed by atoms with E-state index < -0.39 is 28.6 Å². The SMILES string of the molecule is Nc1ccc(-c2noc(-c3cnn4c(C(F)(F)F)cc(-c5ccc(C(F)(F)F)c(Cl)c5)nc34)n2)cn1. The van der Waals surface area contributed by atoms with Gasteiger partial charge in [-0.2, -0.15) is 36.4 Å². The summed E-state index contributed by atoms with van der Waals surface area (Å²) in [4.78, 5) is 12.3. The molecule has 184 valence electrons. The predicted molar refractivity (Wildman–Crippen MR) is 114 cm³/mol. The molecule has 4 heterocycles. The van der Waals surface area contributed by atoms with Gasteiger partial charge in [0.25, 0.3) is 5.89 Å². The Morgan fingerprint density at radius 1 is 0.889 bits per heavy atom. The van der Waals surface area contributed by atoms with Crippen LogP contribution in [0.2, 0.25) is 5.02 Å². The third kappa shape index (κ3) is 4.19. The molecule has 0 bridgehead atoms. The second-order valence-electron chi connectivity index (χ2n) is 7.41. The van der Waals surface area contributed by atoms with Crippen LogP contribution in [-0.2, 0) is 12.4 Å². The molecule has 0 aliphatic carbocycles. The number of anilines is 1. The van der Waals surface area contributed by atoms with E-state index in [1.165, 1.54) is 12.3 Å². The van der Waals surface area contributed by atoms with Gasteiger partial charge in [0, 0.05) is 17.3 Å². The Hall–Kier alpha value is -4.20. The van der Waals surface area contributed by atoms with E-state index in [2.05, 4.69) is 25.2 Å². The lowest BCUT2D eigenvalue weighted by molar-refractivity contribution is -0.142. The minimum absolute atomic E-state index is 0.0393. The van der Waals surface area contributed by atoms with Gasteiger partial charge < -0.3 is 10.3 Å². The van der Waals surface area contributed by atoms with E-state index in [-0.39, 0.29) is 40.0 Å². The number of nitrogens with two attached hydrogens (primary N) is 1. The molecule has 0 saturated carbocycles. The molecule has 0 fully saturated rings. The first-order chi connectivity index (χ1) is 16.9. The Morgan fingerprint density at radius 3 is 2.28 bits per heavy atom. The van der Waals surface area contributed by atoms with Crippen LogP contribution in [-0.4, -0.2) is 29.7 Å². The van der Waals surface area contributed by atoms with Gasteiger partial charge in [0.15, 0.2) is 11.3 Å². The summed E-state index contributed by atoms with van der Waals surface area (Å²) >= 11 is 5.75. The first-order valence-corrected chi connectivity index (χ1v) is 10.2. The Morgan fingerprint density at radius 2 is 1.64 bits per heavy atom. The second kappa shape index (κ2) is 8.19. The van der Waals surface area contributed by atoms with Crippen molar-refractivity contribution in [2.24, 2.45) is 0 Å². The third-order valence-corrected chi connectivity index (χ3v) is 5.35. The van der Waals surface area contributed by atoms with Crippen molar-refractivity contribution < 1.29 is 30.9 Å². The average molecular weight is 526 g/mol. The number of halogens is 7. The fourth-order valence-corrected chi connectivity index (χ4v) is 3.64. The van der Waals surface area contributed by atoms with Gasteiger partial charge in [-0.3, -0.25) is 0 Å². The summed E-state index contributed by atoms with van der Waals surface area (Å²) in [6.45, 7) is 0. The molecule has 0 unspecified atom stereocenters. The van der Waals surface area contributed by atoms with E-state index in [0.29, 0.717) is 22.2 Å². The van der Waals surface area contributed by atoms with Crippen LogP contribution in [0.4, 0.5) is 32.2 Å². The smallest absolute Gasteiger partial charge is 0.384 e. The number of benzene rings is 1. The zero-order chi connectivity index (χ0) is 25.8. The summed E-state index contributed by atoms with van der Waals surface area (Å²) in [5.74, 6) is 0.142. The van der Waals surface area contributed by atoms with Gasteiger partial charge in [-0.15, -0.1) is 0 Å². The molecule has 5 aromatic rings. The maximum Gasteiger partial charge on any atom is 0.433 e. The number of fused-ring (bicyclic) bond motifs is 1. The van der Waals surface area contributed by atoms with Crippen LogP contribution < -0.4 is 5.73 Å². The highest BCUT2D eigenvalue weighted by Crippen LogP contribution is 2.38. The molecule has 0 saturated heterocycles. The van der Waals surface area contributed by atoms with E-state index in [9.17, 15) is 26.3 Å². The molecule has 0 amide bonds. The average Bonchev–Trinajstić information content (AvgIpc) is 3.44. The van der Waals surface area contributed by atoms with Crippen LogP contribution in [0.5, 0.6) is 0 Å². The quantitative estimate of drug-likeness (QED) is 0.297. The molecule has 1 aromatic carbocycles. The van der Waals surface area contributed by atoms with Gasteiger partial charge >= 0.3 is 12.4 Å². The highest BCUT2D eigenvalue weighted by atomic mass is 35.5. The summed E-state index contributed by atoms with van der Waals surface area (Å²) < 4.78 is 86.5. The minimum atomic E-state index is -4.88. The Bertz CT molecular complexity index is 1590. The monoisotopic (exact) mass is 525 g/mol. The van der Waals surface area contributed by atoms with E-state index >= 15 is 0 Å². The molecule has 4 aromatic heterocycles. The van der Waals surface area contributed by atoms with Crippen molar-refractivity contribution in [1.82, 2.24) is 29.7 Å². The van der Waals surface area contributed by atoms with Crippen molar-refractivity contribution >= 4 is 23.1 Å². The largest absolute Gasteiger partial charge is 0.433 e. The minimum Gasteiger partial charge on any atom is -0.384 e.